The van der Waals surface area contributed by atoms with Crippen LogP contribution in [0.2, 0.25) is 0 Å². The number of rotatable bonds is 4. The number of nitrogens with zero attached hydrogens (tertiary/aromatic N) is 3. The molecule has 140 valence electrons. The second-order valence-corrected chi connectivity index (χ2v) is 7.11. The van der Waals surface area contributed by atoms with E-state index in [1.54, 1.807) is 41.5 Å². The Morgan fingerprint density at radius 1 is 1.19 bits per heavy atom. The number of aromatic nitrogens is 1. The number of hydrogen-bond donors (Lipinski definition) is 1. The van der Waals surface area contributed by atoms with Gasteiger partial charge in [-0.2, -0.15) is 0 Å². The molecule has 0 aromatic carbocycles. The summed E-state index contributed by atoms with van der Waals surface area (Å²) in [7, 11) is 0. The van der Waals surface area contributed by atoms with E-state index in [0.717, 1.165) is 12.3 Å². The van der Waals surface area contributed by atoms with Gasteiger partial charge in [0.25, 0.3) is 0 Å². The van der Waals surface area contributed by atoms with Crippen LogP contribution in [0.1, 0.15) is 51.9 Å². The Hall–Kier alpha value is -1.75. The van der Waals surface area contributed by atoms with E-state index in [1.165, 1.54) is 0 Å². The van der Waals surface area contributed by atoms with E-state index in [0.29, 0.717) is 5.06 Å². The second-order valence-electron chi connectivity index (χ2n) is 7.11. The zero-order valence-corrected chi connectivity index (χ0v) is 14.9. The molecule has 1 aromatic heterocycles. The summed E-state index contributed by atoms with van der Waals surface area (Å²) in [5.41, 5.74) is -2.88. The summed E-state index contributed by atoms with van der Waals surface area (Å²) < 4.78 is 5.20. The molecular weight excluding hydrogens is 357 g/mol. The van der Waals surface area contributed by atoms with Crippen molar-refractivity contribution in [1.82, 2.24) is 4.98 Å². The van der Waals surface area contributed by atoms with Crippen molar-refractivity contribution in [1.29, 1.82) is 0 Å². The van der Waals surface area contributed by atoms with E-state index < -0.39 is 45.3 Å². The fraction of sp³-hybridized carbons (Fsp3) is 0.533. The number of ether oxygens (including phenoxy) is 1. The van der Waals surface area contributed by atoms with Gasteiger partial charge in [-0.05, 0) is 41.5 Å². The standard InChI is InChI=1S/C15H21N3O7.Na.H/c1-14(2,3)24-13(21)17(25-15(4,5)6)11-10(18(22)23)7-9(8-16-11)12(19)20;;/h7-8H,1-6H3,(H,19,20);;. The average Bonchev–Trinajstić information content (AvgIpc) is 2.41. The van der Waals surface area contributed by atoms with Crippen molar-refractivity contribution in [2.45, 2.75) is 52.7 Å². The van der Waals surface area contributed by atoms with E-state index >= 15 is 0 Å². The Morgan fingerprint density at radius 3 is 2.12 bits per heavy atom. The summed E-state index contributed by atoms with van der Waals surface area (Å²) >= 11 is 0. The maximum atomic E-state index is 12.4. The van der Waals surface area contributed by atoms with Crippen molar-refractivity contribution < 1.29 is 29.2 Å². The molecule has 1 N–H and O–H groups in total. The fourth-order valence-corrected chi connectivity index (χ4v) is 1.60. The van der Waals surface area contributed by atoms with Crippen molar-refractivity contribution in [3.05, 3.63) is 27.9 Å². The number of amides is 1. The third-order valence-corrected chi connectivity index (χ3v) is 2.41. The number of nitro groups is 1. The SMILES string of the molecule is CC(C)(C)OC(=O)N(OC(C)(C)C)c1ncc(C(=O)O)cc1[N+](=O)[O-].[NaH]. The summed E-state index contributed by atoms with van der Waals surface area (Å²) in [5.74, 6) is -1.86. The van der Waals surface area contributed by atoms with Crippen LogP contribution in [0, 0.1) is 10.1 Å². The number of pyridine rings is 1. The number of hydroxylamine groups is 1. The molecule has 0 radical (unpaired) electrons. The summed E-state index contributed by atoms with van der Waals surface area (Å²) in [4.78, 5) is 43.1. The van der Waals surface area contributed by atoms with Crippen LogP contribution in [0.15, 0.2) is 12.3 Å². The van der Waals surface area contributed by atoms with E-state index in [9.17, 15) is 19.7 Å². The van der Waals surface area contributed by atoms with Crippen LogP contribution in [0.25, 0.3) is 0 Å². The quantitative estimate of drug-likeness (QED) is 0.479. The number of carbonyl (C=O) groups is 2. The average molecular weight is 379 g/mol. The first kappa shape index (κ1) is 24.2. The van der Waals surface area contributed by atoms with E-state index in [4.69, 9.17) is 14.7 Å². The summed E-state index contributed by atoms with van der Waals surface area (Å²) in [6, 6.07) is 0.800. The third kappa shape index (κ3) is 7.24. The number of carbonyl (C=O) groups excluding carboxylic acids is 1. The van der Waals surface area contributed by atoms with Gasteiger partial charge in [-0.25, -0.2) is 14.6 Å². The first-order valence-corrected chi connectivity index (χ1v) is 7.31. The van der Waals surface area contributed by atoms with Crippen LogP contribution >= 0.6 is 0 Å². The maximum absolute atomic E-state index is 12.4. The Labute approximate surface area is 172 Å². The fourth-order valence-electron chi connectivity index (χ4n) is 1.60. The van der Waals surface area contributed by atoms with Crippen molar-refractivity contribution in [2.75, 3.05) is 5.06 Å². The van der Waals surface area contributed by atoms with Crippen molar-refractivity contribution in [2.24, 2.45) is 0 Å². The monoisotopic (exact) mass is 379 g/mol. The first-order chi connectivity index (χ1) is 11.2. The second kappa shape index (κ2) is 8.76. The topological polar surface area (TPSA) is 132 Å². The molecule has 0 aliphatic heterocycles. The molecule has 1 amide bonds. The number of carboxylic acid groups (broad SMARTS) is 1. The zero-order valence-electron chi connectivity index (χ0n) is 14.9. The molecule has 1 heterocycles. The van der Waals surface area contributed by atoms with Crippen LogP contribution in [0.4, 0.5) is 16.3 Å². The predicted molar refractivity (Wildman–Crippen MR) is 94.6 cm³/mol. The van der Waals surface area contributed by atoms with Crippen LogP contribution in [0.3, 0.4) is 0 Å². The summed E-state index contributed by atoms with van der Waals surface area (Å²) in [6.07, 6.45) is -0.116. The molecular formula is C15H22N3NaO7. The Balaban J connectivity index is 0.00000625. The molecule has 0 bridgehead atoms. The van der Waals surface area contributed by atoms with Crippen LogP contribution in [-0.4, -0.2) is 67.8 Å². The normalized spacial score (nSPS) is 11.3. The zero-order chi connectivity index (χ0) is 19.6. The van der Waals surface area contributed by atoms with Gasteiger partial charge in [-0.3, -0.25) is 15.0 Å². The molecule has 0 saturated carbocycles. The number of aromatic carboxylic acids is 1. The third-order valence-electron chi connectivity index (χ3n) is 2.41. The minimum atomic E-state index is -1.39. The molecule has 11 heteroatoms. The van der Waals surface area contributed by atoms with Crippen molar-refractivity contribution in [3.8, 4) is 0 Å². The van der Waals surface area contributed by atoms with E-state index in [2.05, 4.69) is 4.98 Å². The molecule has 0 unspecified atom stereocenters. The van der Waals surface area contributed by atoms with Gasteiger partial charge in [0.2, 0.25) is 5.82 Å². The van der Waals surface area contributed by atoms with Gasteiger partial charge in [-0.15, -0.1) is 5.06 Å². The van der Waals surface area contributed by atoms with Gasteiger partial charge >= 0.3 is 47.3 Å². The van der Waals surface area contributed by atoms with Crippen LogP contribution in [0.5, 0.6) is 0 Å². The molecule has 1 rings (SSSR count). The molecule has 1 aromatic rings. The van der Waals surface area contributed by atoms with E-state index in [-0.39, 0.29) is 29.6 Å². The van der Waals surface area contributed by atoms with Gasteiger partial charge in [0.15, 0.2) is 0 Å². The number of hydrogen-bond acceptors (Lipinski definition) is 7. The molecule has 0 aliphatic carbocycles. The Morgan fingerprint density at radius 2 is 1.73 bits per heavy atom. The Kier molecular flexibility index (Phi) is 8.17. The van der Waals surface area contributed by atoms with Gasteiger partial charge in [0.05, 0.1) is 16.1 Å². The molecule has 0 spiro atoms. The van der Waals surface area contributed by atoms with Gasteiger partial charge in [0.1, 0.15) is 5.60 Å². The molecule has 26 heavy (non-hydrogen) atoms. The van der Waals surface area contributed by atoms with Gasteiger partial charge < -0.3 is 9.84 Å². The molecule has 0 saturated heterocycles. The number of carboxylic acids is 1. The van der Waals surface area contributed by atoms with Gasteiger partial charge in [-0.1, -0.05) is 0 Å². The van der Waals surface area contributed by atoms with E-state index in [1.807, 2.05) is 0 Å². The van der Waals surface area contributed by atoms with Crippen LogP contribution < -0.4 is 5.06 Å². The minimum absolute atomic E-state index is 0. The Bertz CT molecular complexity index is 695. The molecule has 10 nitrogen and oxygen atoms in total. The van der Waals surface area contributed by atoms with Gasteiger partial charge in [0, 0.05) is 12.3 Å². The van der Waals surface area contributed by atoms with Crippen molar-refractivity contribution >= 4 is 53.1 Å². The van der Waals surface area contributed by atoms with Crippen molar-refractivity contribution in [3.63, 3.8) is 0 Å². The predicted octanol–water partition coefficient (Wildman–Crippen LogP) is 2.51. The summed E-state index contributed by atoms with van der Waals surface area (Å²) in [5, 5.41) is 20.8. The molecule has 0 fully saturated rings. The molecule has 0 atom stereocenters. The van der Waals surface area contributed by atoms with Crippen LogP contribution in [-0.2, 0) is 9.57 Å². The molecule has 0 aliphatic rings. The number of anilines is 1. The summed E-state index contributed by atoms with van der Waals surface area (Å²) in [6.45, 7) is 9.74. The first-order valence-electron chi connectivity index (χ1n) is 7.31.